The normalized spacial score (nSPS) is 16.0. The van der Waals surface area contributed by atoms with E-state index in [1.54, 1.807) is 22.4 Å². The van der Waals surface area contributed by atoms with Crippen molar-refractivity contribution in [2.75, 3.05) is 13.1 Å². The van der Waals surface area contributed by atoms with Gasteiger partial charge < -0.3 is 9.64 Å². The van der Waals surface area contributed by atoms with E-state index in [0.29, 0.717) is 16.5 Å². The summed E-state index contributed by atoms with van der Waals surface area (Å²) in [6.45, 7) is 3.05. The number of carbonyl (C=O) groups is 2. The van der Waals surface area contributed by atoms with Gasteiger partial charge in [0.25, 0.3) is 5.91 Å². The number of halogens is 1. The van der Waals surface area contributed by atoms with Crippen molar-refractivity contribution in [3.8, 4) is 0 Å². The van der Waals surface area contributed by atoms with Crippen molar-refractivity contribution in [1.82, 2.24) is 14.3 Å². The van der Waals surface area contributed by atoms with Gasteiger partial charge in [-0.2, -0.15) is 0 Å². The molecule has 0 aromatic carbocycles. The minimum Gasteiger partial charge on any atom is -0.449 e. The van der Waals surface area contributed by atoms with Crippen LogP contribution in [0.1, 0.15) is 25.5 Å². The largest absolute Gasteiger partial charge is 0.449 e. The maximum absolute atomic E-state index is 12.1. The fourth-order valence-electron chi connectivity index (χ4n) is 2.74. The number of likely N-dealkylation sites (tertiary alicyclic amines) is 1. The van der Waals surface area contributed by atoms with Crippen molar-refractivity contribution in [2.24, 2.45) is 0 Å². The maximum Gasteiger partial charge on any atom is 0.331 e. The van der Waals surface area contributed by atoms with Crippen LogP contribution in [0.15, 0.2) is 30.5 Å². The van der Waals surface area contributed by atoms with E-state index in [-0.39, 0.29) is 5.91 Å². The lowest BCUT2D eigenvalue weighted by Crippen LogP contribution is -2.37. The number of hydrogen-bond acceptors (Lipinski definition) is 4. The molecule has 1 aliphatic heterocycles. The molecule has 0 N–H and O–H groups in total. The Morgan fingerprint density at radius 2 is 2.08 bits per heavy atom. The van der Waals surface area contributed by atoms with Gasteiger partial charge in [-0.3, -0.25) is 9.20 Å². The van der Waals surface area contributed by atoms with Crippen molar-refractivity contribution in [2.45, 2.75) is 25.9 Å². The van der Waals surface area contributed by atoms with Crippen molar-refractivity contribution in [3.05, 3.63) is 41.3 Å². The highest BCUT2D eigenvalue weighted by molar-refractivity contribution is 6.31. The second-order valence-electron chi connectivity index (χ2n) is 5.66. The van der Waals surface area contributed by atoms with Crippen LogP contribution in [0, 0.1) is 0 Å². The number of esters is 1. The number of aromatic nitrogens is 2. The van der Waals surface area contributed by atoms with Crippen molar-refractivity contribution in [3.63, 3.8) is 0 Å². The molecule has 1 atom stereocenters. The Morgan fingerprint density at radius 3 is 2.83 bits per heavy atom. The minimum absolute atomic E-state index is 0.151. The number of pyridine rings is 1. The van der Waals surface area contributed by atoms with Crippen LogP contribution in [0.2, 0.25) is 5.15 Å². The molecule has 3 heterocycles. The smallest absolute Gasteiger partial charge is 0.331 e. The van der Waals surface area contributed by atoms with Gasteiger partial charge in [0.15, 0.2) is 11.3 Å². The van der Waals surface area contributed by atoms with Crippen molar-refractivity contribution < 1.29 is 14.3 Å². The summed E-state index contributed by atoms with van der Waals surface area (Å²) in [6.07, 6.45) is 5.81. The summed E-state index contributed by atoms with van der Waals surface area (Å²) < 4.78 is 6.95. The molecule has 126 valence electrons. The molecule has 1 amide bonds. The van der Waals surface area contributed by atoms with E-state index in [0.717, 1.165) is 25.9 Å². The summed E-state index contributed by atoms with van der Waals surface area (Å²) in [5, 5.41) is 0.298. The number of amides is 1. The molecule has 2 aromatic rings. The monoisotopic (exact) mass is 347 g/mol. The molecule has 0 bridgehead atoms. The zero-order valence-electron chi connectivity index (χ0n) is 13.3. The number of hydrogen-bond donors (Lipinski definition) is 0. The molecular weight excluding hydrogens is 330 g/mol. The Labute approximate surface area is 144 Å². The number of fused-ring (bicyclic) bond motifs is 1. The lowest BCUT2D eigenvalue weighted by Gasteiger charge is -2.19. The molecule has 1 fully saturated rings. The van der Waals surface area contributed by atoms with Crippen LogP contribution in [0.4, 0.5) is 0 Å². The lowest BCUT2D eigenvalue weighted by atomic mass is 10.3. The van der Waals surface area contributed by atoms with E-state index in [2.05, 4.69) is 4.98 Å². The maximum atomic E-state index is 12.1. The fraction of sp³-hybridized carbons (Fsp3) is 0.353. The first kappa shape index (κ1) is 16.5. The SMILES string of the molecule is C[C@H](OC(=O)/C=C/c1c(Cl)nc2ccccn12)C(=O)N1CCCC1. The molecule has 0 aliphatic carbocycles. The average Bonchev–Trinajstić information content (AvgIpc) is 3.19. The van der Waals surface area contributed by atoms with Crippen LogP contribution in [0.25, 0.3) is 11.7 Å². The van der Waals surface area contributed by atoms with Gasteiger partial charge in [-0.15, -0.1) is 0 Å². The molecule has 1 aliphatic rings. The first-order chi connectivity index (χ1) is 11.6. The third kappa shape index (κ3) is 3.43. The molecule has 7 heteroatoms. The first-order valence-electron chi connectivity index (χ1n) is 7.86. The highest BCUT2D eigenvalue weighted by Crippen LogP contribution is 2.19. The third-order valence-electron chi connectivity index (χ3n) is 3.96. The predicted molar refractivity (Wildman–Crippen MR) is 90.6 cm³/mol. The zero-order chi connectivity index (χ0) is 17.1. The van der Waals surface area contributed by atoms with E-state index < -0.39 is 12.1 Å². The number of ether oxygens (including phenoxy) is 1. The number of rotatable bonds is 4. The van der Waals surface area contributed by atoms with Crippen LogP contribution in [-0.4, -0.2) is 45.4 Å². The van der Waals surface area contributed by atoms with Crippen LogP contribution in [0.3, 0.4) is 0 Å². The van der Waals surface area contributed by atoms with Gasteiger partial charge in [0, 0.05) is 25.4 Å². The Hall–Kier alpha value is -2.34. The molecule has 1 saturated heterocycles. The Kier molecular flexibility index (Phi) is 4.85. The second kappa shape index (κ2) is 7.05. The summed E-state index contributed by atoms with van der Waals surface area (Å²) in [7, 11) is 0. The molecule has 3 rings (SSSR count). The molecule has 0 unspecified atom stereocenters. The van der Waals surface area contributed by atoms with Crippen molar-refractivity contribution >= 4 is 35.2 Å². The second-order valence-corrected chi connectivity index (χ2v) is 6.02. The first-order valence-corrected chi connectivity index (χ1v) is 8.24. The van der Waals surface area contributed by atoms with Gasteiger partial charge in [0.05, 0.1) is 5.69 Å². The predicted octanol–water partition coefficient (Wildman–Crippen LogP) is 2.56. The van der Waals surface area contributed by atoms with Crippen LogP contribution < -0.4 is 0 Å². The molecule has 0 radical (unpaired) electrons. The standard InChI is InChI=1S/C17H18ClN3O3/c1-12(17(23)20-9-4-5-10-20)24-15(22)8-7-13-16(18)19-14-6-2-3-11-21(13)14/h2-3,6-8,11-12H,4-5,9-10H2,1H3/b8-7+/t12-/m0/s1. The number of carbonyl (C=O) groups excluding carboxylic acids is 2. The third-order valence-corrected chi connectivity index (χ3v) is 4.24. The lowest BCUT2D eigenvalue weighted by molar-refractivity contribution is -0.154. The summed E-state index contributed by atoms with van der Waals surface area (Å²) in [6, 6.07) is 5.52. The number of nitrogens with zero attached hydrogens (tertiary/aromatic N) is 3. The van der Waals surface area contributed by atoms with Crippen molar-refractivity contribution in [1.29, 1.82) is 0 Å². The zero-order valence-corrected chi connectivity index (χ0v) is 14.1. The Morgan fingerprint density at radius 1 is 1.33 bits per heavy atom. The molecule has 0 spiro atoms. The van der Waals surface area contributed by atoms with Gasteiger partial charge in [-0.25, -0.2) is 9.78 Å². The summed E-state index contributed by atoms with van der Waals surface area (Å²) in [5.41, 5.74) is 1.27. The number of imidazole rings is 1. The van der Waals surface area contributed by atoms with Gasteiger partial charge >= 0.3 is 5.97 Å². The van der Waals surface area contributed by atoms with E-state index in [4.69, 9.17) is 16.3 Å². The topological polar surface area (TPSA) is 63.9 Å². The fourth-order valence-corrected chi connectivity index (χ4v) is 2.98. The molecule has 0 saturated carbocycles. The van der Waals surface area contributed by atoms with E-state index >= 15 is 0 Å². The van der Waals surface area contributed by atoms with Gasteiger partial charge in [0.1, 0.15) is 5.65 Å². The van der Waals surface area contributed by atoms with Crippen LogP contribution >= 0.6 is 11.6 Å². The molecular formula is C17H18ClN3O3. The quantitative estimate of drug-likeness (QED) is 0.630. The van der Waals surface area contributed by atoms with Crippen LogP contribution in [0.5, 0.6) is 0 Å². The van der Waals surface area contributed by atoms with E-state index in [1.165, 1.54) is 12.2 Å². The summed E-state index contributed by atoms with van der Waals surface area (Å²) in [4.78, 5) is 30.0. The van der Waals surface area contributed by atoms with Gasteiger partial charge in [-0.05, 0) is 38.0 Å². The highest BCUT2D eigenvalue weighted by atomic mass is 35.5. The average molecular weight is 348 g/mol. The van der Waals surface area contributed by atoms with E-state index in [9.17, 15) is 9.59 Å². The minimum atomic E-state index is -0.794. The van der Waals surface area contributed by atoms with E-state index in [1.807, 2.05) is 18.2 Å². The van der Waals surface area contributed by atoms with Gasteiger partial charge in [-0.1, -0.05) is 17.7 Å². The Bertz CT molecular complexity index is 793. The summed E-state index contributed by atoms with van der Waals surface area (Å²) >= 11 is 6.10. The molecule has 2 aromatic heterocycles. The summed E-state index contributed by atoms with van der Waals surface area (Å²) in [5.74, 6) is -0.737. The highest BCUT2D eigenvalue weighted by Gasteiger charge is 2.25. The van der Waals surface area contributed by atoms with Crippen LogP contribution in [-0.2, 0) is 14.3 Å². The molecule has 24 heavy (non-hydrogen) atoms. The Balaban J connectivity index is 1.66. The van der Waals surface area contributed by atoms with Gasteiger partial charge in [0.2, 0.25) is 0 Å². The molecule has 6 nitrogen and oxygen atoms in total.